The second-order valence-electron chi connectivity index (χ2n) is 2.71. The van der Waals surface area contributed by atoms with Crippen molar-refractivity contribution in [3.8, 4) is 0 Å². The van der Waals surface area contributed by atoms with E-state index in [9.17, 15) is 0 Å². The van der Waals surface area contributed by atoms with E-state index in [0.29, 0.717) is 5.92 Å². The van der Waals surface area contributed by atoms with Gasteiger partial charge in [0.25, 0.3) is 0 Å². The third-order valence-electron chi connectivity index (χ3n) is 1.54. The van der Waals surface area contributed by atoms with E-state index in [4.69, 9.17) is 0 Å². The minimum absolute atomic E-state index is 0.192. The molecule has 0 amide bonds. The van der Waals surface area contributed by atoms with Crippen molar-refractivity contribution in [2.24, 2.45) is 0 Å². The average molecular weight is 262 g/mol. The topological polar surface area (TPSA) is 12.9 Å². The molecule has 0 bridgehead atoms. The van der Waals surface area contributed by atoms with E-state index in [1.165, 1.54) is 9.26 Å². The molecule has 2 heteroatoms. The number of nitrogens with zero attached hydrogens (tertiary/aromatic N) is 1. The van der Waals surface area contributed by atoms with Crippen molar-refractivity contribution in [1.82, 2.24) is 4.98 Å². The van der Waals surface area contributed by atoms with Crippen LogP contribution in [-0.4, -0.2) is 9.91 Å². The fourth-order valence-corrected chi connectivity index (χ4v) is 2.86. The molecule has 1 nitrogen and oxygen atoms in total. The number of alkyl halides is 1. The molecule has 0 saturated heterocycles. The summed E-state index contributed by atoms with van der Waals surface area (Å²) in [6.07, 6.45) is 1.89. The van der Waals surface area contributed by atoms with Gasteiger partial charge in [0.1, 0.15) is 0 Å². The second kappa shape index (κ2) is 4.04. The zero-order chi connectivity index (χ0) is 8.27. The number of hydrogen-bond donors (Lipinski definition) is 0. The van der Waals surface area contributed by atoms with Gasteiger partial charge in [0.2, 0.25) is 0 Å². The predicted octanol–water partition coefficient (Wildman–Crippen LogP) is -0.907. The molecule has 0 N–H and O–H groups in total. The molecule has 1 rings (SSSR count). The van der Waals surface area contributed by atoms with Crippen LogP contribution in [0.25, 0.3) is 0 Å². The Morgan fingerprint density at radius 1 is 1.45 bits per heavy atom. The number of rotatable bonds is 2. The van der Waals surface area contributed by atoms with Crippen LogP contribution in [0.1, 0.15) is 25.5 Å². The van der Waals surface area contributed by atoms with Crippen LogP contribution < -0.4 is 21.2 Å². The Hall–Kier alpha value is -0.120. The summed E-state index contributed by atoms with van der Waals surface area (Å²) in [4.78, 5) is 6.66. The number of hydrogen-bond acceptors (Lipinski definition) is 1. The van der Waals surface area contributed by atoms with Crippen LogP contribution in [0.3, 0.4) is 0 Å². The molecule has 0 aliphatic heterocycles. The van der Waals surface area contributed by atoms with Gasteiger partial charge >= 0.3 is 78.5 Å². The van der Waals surface area contributed by atoms with Crippen molar-refractivity contribution in [3.05, 3.63) is 27.6 Å². The molecule has 0 radical (unpaired) electrons. The molecule has 0 fully saturated rings. The molecule has 0 aromatic carbocycles. The summed E-state index contributed by atoms with van der Waals surface area (Å²) in [6.45, 7) is 4.40. The van der Waals surface area contributed by atoms with E-state index in [2.05, 4.69) is 29.8 Å². The molecule has 0 saturated carbocycles. The summed E-state index contributed by atoms with van der Waals surface area (Å²) in [7, 11) is 0. The third kappa shape index (κ3) is 2.15. The van der Waals surface area contributed by atoms with E-state index in [0.717, 1.165) is 0 Å². The third-order valence-corrected chi connectivity index (χ3v) is 3.61. The number of pyridine rings is 1. The summed E-state index contributed by atoms with van der Waals surface area (Å²) < 4.78 is 1.49. The molecule has 1 aromatic rings. The van der Waals surface area contributed by atoms with Crippen molar-refractivity contribution in [1.29, 1.82) is 0 Å². The van der Waals surface area contributed by atoms with Crippen LogP contribution in [0.15, 0.2) is 18.3 Å². The Morgan fingerprint density at radius 3 is 2.64 bits per heavy atom. The Kier molecular flexibility index (Phi) is 3.30. The van der Waals surface area contributed by atoms with Gasteiger partial charge < -0.3 is 0 Å². The molecule has 0 aliphatic carbocycles. The maximum atomic E-state index is 4.38. The predicted molar refractivity (Wildman–Crippen MR) is 42.9 cm³/mol. The van der Waals surface area contributed by atoms with E-state index in [1.807, 2.05) is 12.3 Å². The molecule has 0 atom stereocenters. The first-order chi connectivity index (χ1) is 5.25. The van der Waals surface area contributed by atoms with Gasteiger partial charge in [0.15, 0.2) is 0 Å². The summed E-state index contributed by atoms with van der Waals surface area (Å²) in [6, 6.07) is 4.24. The van der Waals surface area contributed by atoms with E-state index >= 15 is 0 Å². The van der Waals surface area contributed by atoms with Crippen molar-refractivity contribution in [2.75, 3.05) is 4.93 Å². The zero-order valence-electron chi connectivity index (χ0n) is 7.13. The Labute approximate surface area is 78.5 Å². The number of aromatic nitrogens is 1. The Bertz CT molecular complexity index is 233. The van der Waals surface area contributed by atoms with E-state index in [1.54, 1.807) is 0 Å². The van der Waals surface area contributed by atoms with Gasteiger partial charge in [-0.2, -0.15) is 0 Å². The summed E-state index contributed by atoms with van der Waals surface area (Å²) in [5.41, 5.74) is 1.29. The van der Waals surface area contributed by atoms with E-state index < -0.39 is 0 Å². The monoisotopic (exact) mass is 262 g/mol. The quantitative estimate of drug-likeness (QED) is 0.497. The maximum absolute atomic E-state index is 4.38. The van der Waals surface area contributed by atoms with Gasteiger partial charge in [-0.15, -0.1) is 0 Å². The van der Waals surface area contributed by atoms with Crippen molar-refractivity contribution >= 4 is 0 Å². The second-order valence-corrected chi connectivity index (χ2v) is 4.96. The molecule has 0 aliphatic rings. The van der Waals surface area contributed by atoms with Gasteiger partial charge in [-0.05, 0) is 0 Å². The van der Waals surface area contributed by atoms with Crippen LogP contribution in [0.5, 0.6) is 0 Å². The first kappa shape index (κ1) is 8.97. The van der Waals surface area contributed by atoms with Crippen molar-refractivity contribution in [3.63, 3.8) is 0 Å². The first-order valence-corrected chi connectivity index (χ1v) is 6.93. The van der Waals surface area contributed by atoms with Crippen LogP contribution in [0, 0.1) is 3.57 Å². The standard InChI is InChI=1S/C9H13IN/c1-7(2)9-8(10-3)5-4-6-11-9/h4-7H,1-3H3/q-1. The van der Waals surface area contributed by atoms with Crippen LogP contribution in [-0.2, 0) is 0 Å². The fourth-order valence-electron chi connectivity index (χ4n) is 0.983. The van der Waals surface area contributed by atoms with Gasteiger partial charge in [-0.3, -0.25) is 0 Å². The Morgan fingerprint density at radius 2 is 2.18 bits per heavy atom. The van der Waals surface area contributed by atoms with Crippen LogP contribution in [0.4, 0.5) is 0 Å². The minimum atomic E-state index is 0.192. The molecule has 0 spiro atoms. The summed E-state index contributed by atoms with van der Waals surface area (Å²) in [5, 5.41) is 0. The molecule has 62 valence electrons. The average Bonchev–Trinajstić information content (AvgIpc) is 2.04. The van der Waals surface area contributed by atoms with Gasteiger partial charge in [-0.1, -0.05) is 0 Å². The van der Waals surface area contributed by atoms with Crippen LogP contribution >= 0.6 is 0 Å². The molecule has 1 heterocycles. The van der Waals surface area contributed by atoms with Crippen LogP contribution in [0.2, 0.25) is 0 Å². The fraction of sp³-hybridized carbons (Fsp3) is 0.444. The molecule has 11 heavy (non-hydrogen) atoms. The number of halogens is 1. The summed E-state index contributed by atoms with van der Waals surface area (Å²) >= 11 is 0.192. The normalized spacial score (nSPS) is 10.9. The molecular weight excluding hydrogens is 249 g/mol. The molecule has 0 unspecified atom stereocenters. The van der Waals surface area contributed by atoms with Crippen molar-refractivity contribution < 1.29 is 21.2 Å². The molecular formula is C9H13IN-. The first-order valence-electron chi connectivity index (χ1n) is 3.70. The SMILES string of the molecule is C[I-]c1cccnc1C(C)C. The summed E-state index contributed by atoms with van der Waals surface area (Å²) in [5.74, 6) is 0.575. The van der Waals surface area contributed by atoms with Gasteiger partial charge in [-0.25, -0.2) is 0 Å². The van der Waals surface area contributed by atoms with E-state index in [-0.39, 0.29) is 21.2 Å². The molecule has 1 aromatic heterocycles. The van der Waals surface area contributed by atoms with Gasteiger partial charge in [0, 0.05) is 0 Å². The van der Waals surface area contributed by atoms with Gasteiger partial charge in [0.05, 0.1) is 0 Å². The van der Waals surface area contributed by atoms with Crippen molar-refractivity contribution in [2.45, 2.75) is 19.8 Å². The Balaban J connectivity index is 3.02. The zero-order valence-corrected chi connectivity index (χ0v) is 9.29.